The Morgan fingerprint density at radius 3 is 2.21 bits per heavy atom. The molecule has 24 heavy (non-hydrogen) atoms. The number of amides is 2. The summed E-state index contributed by atoms with van der Waals surface area (Å²) >= 11 is 0. The number of carbonyl (C=O) groups is 2. The number of carbonyl (C=O) groups excluding carboxylic acids is 2. The number of nitrogens with one attached hydrogen (secondary N) is 1. The summed E-state index contributed by atoms with van der Waals surface area (Å²) in [4.78, 5) is 25.6. The third kappa shape index (κ3) is 4.67. The van der Waals surface area contributed by atoms with Crippen molar-refractivity contribution in [1.29, 1.82) is 0 Å². The SMILES string of the molecule is CCN(CCO)C(=O)CNC(=O)c1ccc(-c2ccccc2)cc1. The highest BCUT2D eigenvalue weighted by molar-refractivity contribution is 5.96. The Labute approximate surface area is 141 Å². The summed E-state index contributed by atoms with van der Waals surface area (Å²) in [5, 5.41) is 11.5. The van der Waals surface area contributed by atoms with Gasteiger partial charge in [0.1, 0.15) is 0 Å². The standard InChI is InChI=1S/C19H22N2O3/c1-2-21(12-13-22)18(23)14-20-19(24)17-10-8-16(9-11-17)15-6-4-3-5-7-15/h3-11,22H,2,12-14H2,1H3,(H,20,24). The first-order valence-corrected chi connectivity index (χ1v) is 7.98. The van der Waals surface area contributed by atoms with Gasteiger partial charge < -0.3 is 15.3 Å². The second-order valence-electron chi connectivity index (χ2n) is 5.32. The Hall–Kier alpha value is -2.66. The quantitative estimate of drug-likeness (QED) is 0.817. The van der Waals surface area contributed by atoms with E-state index in [1.807, 2.05) is 49.4 Å². The monoisotopic (exact) mass is 326 g/mol. The van der Waals surface area contributed by atoms with Gasteiger partial charge in [-0.25, -0.2) is 0 Å². The Morgan fingerprint density at radius 2 is 1.62 bits per heavy atom. The van der Waals surface area contributed by atoms with Crippen molar-refractivity contribution in [2.24, 2.45) is 0 Å². The minimum atomic E-state index is -0.289. The van der Waals surface area contributed by atoms with Gasteiger partial charge >= 0.3 is 0 Å². The largest absolute Gasteiger partial charge is 0.395 e. The lowest BCUT2D eigenvalue weighted by molar-refractivity contribution is -0.130. The lowest BCUT2D eigenvalue weighted by Gasteiger charge is -2.19. The van der Waals surface area contributed by atoms with Crippen molar-refractivity contribution in [1.82, 2.24) is 10.2 Å². The van der Waals surface area contributed by atoms with E-state index in [9.17, 15) is 9.59 Å². The van der Waals surface area contributed by atoms with Crippen LogP contribution in [-0.4, -0.2) is 48.1 Å². The number of hydrogen-bond acceptors (Lipinski definition) is 3. The van der Waals surface area contributed by atoms with E-state index in [4.69, 9.17) is 5.11 Å². The van der Waals surface area contributed by atoms with E-state index >= 15 is 0 Å². The molecule has 0 unspecified atom stereocenters. The van der Waals surface area contributed by atoms with Crippen molar-refractivity contribution in [2.45, 2.75) is 6.92 Å². The maximum Gasteiger partial charge on any atom is 0.251 e. The first-order valence-electron chi connectivity index (χ1n) is 7.98. The van der Waals surface area contributed by atoms with Gasteiger partial charge in [0.25, 0.3) is 5.91 Å². The maximum absolute atomic E-state index is 12.1. The fourth-order valence-electron chi connectivity index (χ4n) is 2.39. The van der Waals surface area contributed by atoms with Crippen molar-refractivity contribution in [2.75, 3.05) is 26.2 Å². The molecule has 2 N–H and O–H groups in total. The molecule has 0 atom stereocenters. The Bertz CT molecular complexity index is 669. The smallest absolute Gasteiger partial charge is 0.251 e. The number of likely N-dealkylation sites (N-methyl/N-ethyl adjacent to an activating group) is 1. The molecule has 2 rings (SSSR count). The fraction of sp³-hybridized carbons (Fsp3) is 0.263. The zero-order valence-electron chi connectivity index (χ0n) is 13.7. The van der Waals surface area contributed by atoms with Crippen LogP contribution in [0.1, 0.15) is 17.3 Å². The topological polar surface area (TPSA) is 69.6 Å². The number of hydrogen-bond donors (Lipinski definition) is 2. The van der Waals surface area contributed by atoms with Crippen LogP contribution in [0.4, 0.5) is 0 Å². The molecule has 0 aromatic heterocycles. The molecular weight excluding hydrogens is 304 g/mol. The zero-order valence-corrected chi connectivity index (χ0v) is 13.7. The summed E-state index contributed by atoms with van der Waals surface area (Å²) in [6.07, 6.45) is 0. The molecule has 0 aliphatic rings. The molecule has 2 amide bonds. The molecular formula is C19H22N2O3. The van der Waals surface area contributed by atoms with Crippen LogP contribution in [0.15, 0.2) is 54.6 Å². The van der Waals surface area contributed by atoms with E-state index in [1.54, 1.807) is 12.1 Å². The van der Waals surface area contributed by atoms with Gasteiger partial charge in [-0.3, -0.25) is 9.59 Å². The van der Waals surface area contributed by atoms with E-state index < -0.39 is 0 Å². The highest BCUT2D eigenvalue weighted by Crippen LogP contribution is 2.19. The molecule has 2 aromatic carbocycles. The summed E-state index contributed by atoms with van der Waals surface area (Å²) in [5.41, 5.74) is 2.62. The minimum Gasteiger partial charge on any atom is -0.395 e. The molecule has 5 nitrogen and oxygen atoms in total. The number of benzene rings is 2. The van der Waals surface area contributed by atoms with E-state index in [-0.39, 0.29) is 31.5 Å². The van der Waals surface area contributed by atoms with Crippen molar-refractivity contribution in [3.63, 3.8) is 0 Å². The van der Waals surface area contributed by atoms with Crippen molar-refractivity contribution in [3.8, 4) is 11.1 Å². The number of rotatable bonds is 7. The number of nitrogens with zero attached hydrogens (tertiary/aromatic N) is 1. The molecule has 126 valence electrons. The average Bonchev–Trinajstić information content (AvgIpc) is 2.64. The van der Waals surface area contributed by atoms with Crippen LogP contribution in [0.3, 0.4) is 0 Å². The minimum absolute atomic E-state index is 0.0763. The van der Waals surface area contributed by atoms with Gasteiger partial charge in [-0.1, -0.05) is 42.5 Å². The van der Waals surface area contributed by atoms with Crippen LogP contribution in [0.25, 0.3) is 11.1 Å². The zero-order chi connectivity index (χ0) is 17.4. The van der Waals surface area contributed by atoms with Gasteiger partial charge in [0.15, 0.2) is 0 Å². The summed E-state index contributed by atoms with van der Waals surface area (Å²) in [7, 11) is 0. The molecule has 0 aliphatic heterocycles. The Kier molecular flexibility index (Phi) is 6.51. The first-order chi connectivity index (χ1) is 11.7. The van der Waals surface area contributed by atoms with Gasteiger partial charge in [0.05, 0.1) is 13.2 Å². The van der Waals surface area contributed by atoms with Crippen molar-refractivity contribution >= 4 is 11.8 Å². The van der Waals surface area contributed by atoms with Crippen molar-refractivity contribution < 1.29 is 14.7 Å². The molecule has 0 radical (unpaired) electrons. The average molecular weight is 326 g/mol. The van der Waals surface area contributed by atoms with Crippen LogP contribution in [0.2, 0.25) is 0 Å². The van der Waals surface area contributed by atoms with E-state index in [0.29, 0.717) is 12.1 Å². The maximum atomic E-state index is 12.1. The Morgan fingerprint density at radius 1 is 1.00 bits per heavy atom. The molecule has 0 bridgehead atoms. The van der Waals surface area contributed by atoms with E-state index in [0.717, 1.165) is 11.1 Å². The predicted molar refractivity (Wildman–Crippen MR) is 93.6 cm³/mol. The van der Waals surface area contributed by atoms with E-state index in [1.165, 1.54) is 4.90 Å². The highest BCUT2D eigenvalue weighted by Gasteiger charge is 2.13. The van der Waals surface area contributed by atoms with Gasteiger partial charge in [0.2, 0.25) is 5.91 Å². The summed E-state index contributed by atoms with van der Waals surface area (Å²) < 4.78 is 0. The molecule has 2 aromatic rings. The molecule has 0 spiro atoms. The fourth-order valence-corrected chi connectivity index (χ4v) is 2.39. The van der Waals surface area contributed by atoms with Gasteiger partial charge in [-0.05, 0) is 30.2 Å². The van der Waals surface area contributed by atoms with Crippen molar-refractivity contribution in [3.05, 3.63) is 60.2 Å². The lowest BCUT2D eigenvalue weighted by atomic mass is 10.0. The summed E-state index contributed by atoms with van der Waals surface area (Å²) in [6.45, 7) is 2.44. The number of aliphatic hydroxyl groups is 1. The second-order valence-corrected chi connectivity index (χ2v) is 5.32. The van der Waals surface area contributed by atoms with Gasteiger partial charge in [0, 0.05) is 18.7 Å². The normalized spacial score (nSPS) is 10.2. The summed E-state index contributed by atoms with van der Waals surface area (Å²) in [6, 6.07) is 17.2. The highest BCUT2D eigenvalue weighted by atomic mass is 16.3. The van der Waals surface area contributed by atoms with Gasteiger partial charge in [-0.2, -0.15) is 0 Å². The van der Waals surface area contributed by atoms with Crippen LogP contribution in [-0.2, 0) is 4.79 Å². The lowest BCUT2D eigenvalue weighted by Crippen LogP contribution is -2.41. The molecule has 5 heteroatoms. The van der Waals surface area contributed by atoms with E-state index in [2.05, 4.69) is 5.32 Å². The molecule has 0 aliphatic carbocycles. The third-order valence-corrected chi connectivity index (χ3v) is 3.76. The number of aliphatic hydroxyl groups excluding tert-OH is 1. The van der Waals surface area contributed by atoms with Crippen LogP contribution >= 0.6 is 0 Å². The summed E-state index contributed by atoms with van der Waals surface area (Å²) in [5.74, 6) is -0.496. The first kappa shape index (κ1) is 17.7. The molecule has 0 saturated heterocycles. The predicted octanol–water partition coefficient (Wildman–Crippen LogP) is 1.92. The molecule has 0 saturated carbocycles. The molecule has 0 heterocycles. The van der Waals surface area contributed by atoms with Crippen LogP contribution in [0.5, 0.6) is 0 Å². The third-order valence-electron chi connectivity index (χ3n) is 3.76. The van der Waals surface area contributed by atoms with Crippen LogP contribution < -0.4 is 5.32 Å². The van der Waals surface area contributed by atoms with Crippen LogP contribution in [0, 0.1) is 0 Å². The van der Waals surface area contributed by atoms with Gasteiger partial charge in [-0.15, -0.1) is 0 Å². The second kappa shape index (κ2) is 8.84. The Balaban J connectivity index is 1.94. The molecule has 0 fully saturated rings.